The maximum atomic E-state index is 8.86. The zero-order chi connectivity index (χ0) is 11.6. The zero-order valence-corrected chi connectivity index (χ0v) is 8.72. The van der Waals surface area contributed by atoms with E-state index in [0.29, 0.717) is 33.0 Å². The molecule has 7 nitrogen and oxygen atoms in total. The second-order valence-electron chi connectivity index (χ2n) is 2.99. The Bertz CT molecular complexity index is 139. The van der Waals surface area contributed by atoms with Crippen LogP contribution in [0.15, 0.2) is 0 Å². The lowest BCUT2D eigenvalue weighted by molar-refractivity contribution is -0.0551. The number of rotatable bonds is 10. The van der Waals surface area contributed by atoms with Gasteiger partial charge in [0.05, 0.1) is 39.6 Å². The molecular weight excluding hydrogens is 204 g/mol. The topological polar surface area (TPSA) is 120 Å². The van der Waals surface area contributed by atoms with E-state index in [4.69, 9.17) is 35.9 Å². The SMILES string of the molecule is NC(N)(O)COCCOCCOCCO. The molecule has 6 N–H and O–H groups in total. The smallest absolute Gasteiger partial charge is 0.191 e. The highest BCUT2D eigenvalue weighted by Crippen LogP contribution is 1.86. The minimum absolute atomic E-state index is 0.00862. The third-order valence-electron chi connectivity index (χ3n) is 1.31. The Labute approximate surface area is 88.9 Å². The van der Waals surface area contributed by atoms with Gasteiger partial charge in [0.1, 0.15) is 6.61 Å². The van der Waals surface area contributed by atoms with Gasteiger partial charge in [-0.1, -0.05) is 0 Å². The van der Waals surface area contributed by atoms with Crippen LogP contribution in [-0.4, -0.2) is 62.3 Å². The van der Waals surface area contributed by atoms with Crippen LogP contribution in [-0.2, 0) is 14.2 Å². The first-order valence-corrected chi connectivity index (χ1v) is 4.70. The summed E-state index contributed by atoms with van der Waals surface area (Å²) < 4.78 is 15.0. The van der Waals surface area contributed by atoms with E-state index in [1.54, 1.807) is 0 Å². The van der Waals surface area contributed by atoms with Crippen molar-refractivity contribution in [3.63, 3.8) is 0 Å². The summed E-state index contributed by atoms with van der Waals surface area (Å²) in [7, 11) is 0. The second-order valence-corrected chi connectivity index (χ2v) is 2.99. The van der Waals surface area contributed by atoms with Crippen LogP contribution in [0.4, 0.5) is 0 Å². The van der Waals surface area contributed by atoms with E-state index < -0.39 is 5.85 Å². The van der Waals surface area contributed by atoms with Gasteiger partial charge in [-0.05, 0) is 0 Å². The van der Waals surface area contributed by atoms with E-state index in [0.717, 1.165) is 0 Å². The highest BCUT2D eigenvalue weighted by Gasteiger charge is 2.12. The fourth-order valence-electron chi connectivity index (χ4n) is 0.740. The molecule has 0 amide bonds. The summed E-state index contributed by atoms with van der Waals surface area (Å²) in [6, 6.07) is 0. The molecule has 0 aromatic carbocycles. The molecule has 0 rings (SSSR count). The van der Waals surface area contributed by atoms with Crippen molar-refractivity contribution in [1.82, 2.24) is 0 Å². The molecule has 0 aliphatic rings. The molecule has 0 unspecified atom stereocenters. The molecule has 0 heterocycles. The Morgan fingerprint density at radius 3 is 1.80 bits per heavy atom. The molecule has 0 aliphatic heterocycles. The van der Waals surface area contributed by atoms with E-state index in [-0.39, 0.29) is 13.2 Å². The molecule has 0 aliphatic carbocycles. The Kier molecular flexibility index (Phi) is 8.82. The van der Waals surface area contributed by atoms with E-state index in [1.807, 2.05) is 0 Å². The van der Waals surface area contributed by atoms with Crippen LogP contribution in [0, 0.1) is 0 Å². The lowest BCUT2D eigenvalue weighted by atomic mass is 10.5. The van der Waals surface area contributed by atoms with Gasteiger partial charge in [0.15, 0.2) is 5.85 Å². The van der Waals surface area contributed by atoms with Crippen LogP contribution in [0.1, 0.15) is 0 Å². The van der Waals surface area contributed by atoms with Crippen molar-refractivity contribution in [2.24, 2.45) is 11.5 Å². The number of ether oxygens (including phenoxy) is 3. The summed E-state index contributed by atoms with van der Waals surface area (Å²) >= 11 is 0. The quantitative estimate of drug-likeness (QED) is 0.241. The number of aliphatic hydroxyl groups excluding tert-OH is 1. The predicted molar refractivity (Wildman–Crippen MR) is 52.9 cm³/mol. The predicted octanol–water partition coefficient (Wildman–Crippen LogP) is -2.41. The number of nitrogens with two attached hydrogens (primary N) is 2. The first-order valence-electron chi connectivity index (χ1n) is 4.70. The number of hydrogen-bond donors (Lipinski definition) is 4. The Morgan fingerprint density at radius 1 is 0.867 bits per heavy atom. The second kappa shape index (κ2) is 8.98. The van der Waals surface area contributed by atoms with Gasteiger partial charge in [0.25, 0.3) is 0 Å². The molecule has 0 aromatic heterocycles. The fourth-order valence-corrected chi connectivity index (χ4v) is 0.740. The van der Waals surface area contributed by atoms with Crippen molar-refractivity contribution < 1.29 is 24.4 Å². The van der Waals surface area contributed by atoms with E-state index in [9.17, 15) is 0 Å². The minimum Gasteiger partial charge on any atom is -0.394 e. The zero-order valence-electron chi connectivity index (χ0n) is 8.72. The standard InChI is InChI=1S/C8H20N2O5/c9-8(10,12)7-15-6-5-14-4-3-13-2-1-11/h11-12H,1-7,9-10H2. The molecule has 0 saturated carbocycles. The molecule has 92 valence electrons. The molecule has 15 heavy (non-hydrogen) atoms. The largest absolute Gasteiger partial charge is 0.394 e. The van der Waals surface area contributed by atoms with Crippen molar-refractivity contribution in [3.8, 4) is 0 Å². The van der Waals surface area contributed by atoms with Crippen LogP contribution >= 0.6 is 0 Å². The average Bonchev–Trinajstić information content (AvgIpc) is 2.14. The molecule has 0 aromatic rings. The third-order valence-corrected chi connectivity index (χ3v) is 1.31. The molecule has 0 saturated heterocycles. The van der Waals surface area contributed by atoms with Crippen molar-refractivity contribution in [2.75, 3.05) is 46.2 Å². The molecule has 7 heteroatoms. The number of hydrogen-bond acceptors (Lipinski definition) is 7. The summed E-state index contributed by atoms with van der Waals surface area (Å²) in [4.78, 5) is 0. The highest BCUT2D eigenvalue weighted by molar-refractivity contribution is 4.57. The lowest BCUT2D eigenvalue weighted by Gasteiger charge is -2.16. The van der Waals surface area contributed by atoms with E-state index >= 15 is 0 Å². The van der Waals surface area contributed by atoms with Gasteiger partial charge in [0, 0.05) is 0 Å². The van der Waals surface area contributed by atoms with Gasteiger partial charge in [-0.2, -0.15) is 0 Å². The normalized spacial score (nSPS) is 12.0. The van der Waals surface area contributed by atoms with Crippen LogP contribution in [0.5, 0.6) is 0 Å². The van der Waals surface area contributed by atoms with Gasteiger partial charge >= 0.3 is 0 Å². The van der Waals surface area contributed by atoms with Crippen molar-refractivity contribution in [2.45, 2.75) is 5.85 Å². The van der Waals surface area contributed by atoms with Crippen LogP contribution in [0.25, 0.3) is 0 Å². The van der Waals surface area contributed by atoms with Crippen LogP contribution in [0.2, 0.25) is 0 Å². The number of aliphatic hydroxyl groups is 2. The average molecular weight is 224 g/mol. The lowest BCUT2D eigenvalue weighted by Crippen LogP contribution is -2.53. The molecular formula is C8H20N2O5. The summed E-state index contributed by atoms with van der Waals surface area (Å²) in [5, 5.41) is 17.2. The summed E-state index contributed by atoms with van der Waals surface area (Å²) in [6.07, 6.45) is 0. The maximum absolute atomic E-state index is 8.86. The van der Waals surface area contributed by atoms with E-state index in [1.165, 1.54) is 0 Å². The maximum Gasteiger partial charge on any atom is 0.191 e. The monoisotopic (exact) mass is 224 g/mol. The van der Waals surface area contributed by atoms with Crippen molar-refractivity contribution in [1.29, 1.82) is 0 Å². The van der Waals surface area contributed by atoms with Crippen molar-refractivity contribution >= 4 is 0 Å². The fraction of sp³-hybridized carbons (Fsp3) is 1.00. The van der Waals surface area contributed by atoms with Gasteiger partial charge in [-0.3, -0.25) is 11.5 Å². The third kappa shape index (κ3) is 13.7. The Balaban J connectivity index is 2.99. The first-order chi connectivity index (χ1) is 7.06. The first kappa shape index (κ1) is 14.7. The van der Waals surface area contributed by atoms with Gasteiger partial charge in [-0.25, -0.2) is 0 Å². The van der Waals surface area contributed by atoms with E-state index in [2.05, 4.69) is 0 Å². The Hall–Kier alpha value is -0.280. The van der Waals surface area contributed by atoms with Gasteiger partial charge in [0.2, 0.25) is 0 Å². The van der Waals surface area contributed by atoms with Gasteiger partial charge in [-0.15, -0.1) is 0 Å². The molecule has 0 atom stereocenters. The molecule has 0 bridgehead atoms. The highest BCUT2D eigenvalue weighted by atomic mass is 16.5. The van der Waals surface area contributed by atoms with Crippen LogP contribution < -0.4 is 11.5 Å². The van der Waals surface area contributed by atoms with Crippen LogP contribution in [0.3, 0.4) is 0 Å². The molecule has 0 fully saturated rings. The summed E-state index contributed by atoms with van der Waals surface area (Å²) in [5.74, 6) is -1.79. The molecule has 0 spiro atoms. The Morgan fingerprint density at radius 2 is 1.33 bits per heavy atom. The summed E-state index contributed by atoms with van der Waals surface area (Å²) in [5.41, 5.74) is 10.1. The van der Waals surface area contributed by atoms with Gasteiger partial charge < -0.3 is 24.4 Å². The molecule has 0 radical (unpaired) electrons. The van der Waals surface area contributed by atoms with Crippen molar-refractivity contribution in [3.05, 3.63) is 0 Å². The summed E-state index contributed by atoms with van der Waals surface area (Å²) in [6.45, 7) is 1.71. The minimum atomic E-state index is -1.79.